The van der Waals surface area contributed by atoms with Gasteiger partial charge in [0.15, 0.2) is 0 Å². The van der Waals surface area contributed by atoms with Gasteiger partial charge < -0.3 is 9.84 Å². The highest BCUT2D eigenvalue weighted by Gasteiger charge is 2.25. The first kappa shape index (κ1) is 12.9. The third-order valence-corrected chi connectivity index (χ3v) is 1.68. The molecule has 0 aromatic heterocycles. The molecule has 4 heteroatoms. The number of hydrogen-bond donors (Lipinski definition) is 1. The third kappa shape index (κ3) is 4.84. The molecule has 0 bridgehead atoms. The summed E-state index contributed by atoms with van der Waals surface area (Å²) < 4.78 is 4.85. The van der Waals surface area contributed by atoms with Crippen molar-refractivity contribution in [2.75, 3.05) is 0 Å². The van der Waals surface area contributed by atoms with Gasteiger partial charge in [-0.2, -0.15) is 0 Å². The number of carbonyl (C=O) groups is 2. The van der Waals surface area contributed by atoms with Crippen LogP contribution in [0.15, 0.2) is 0 Å². The minimum absolute atomic E-state index is 0.184. The molecule has 0 saturated carbocycles. The monoisotopic (exact) mass is 202 g/mol. The normalized spacial score (nSPS) is 13.0. The Bertz CT molecular complexity index is 208. The Morgan fingerprint density at radius 3 is 2.00 bits per heavy atom. The predicted octanol–water partition coefficient (Wildman–Crippen LogP) is 1.68. The van der Waals surface area contributed by atoms with Gasteiger partial charge in [-0.05, 0) is 5.92 Å². The predicted molar refractivity (Wildman–Crippen MR) is 51.8 cm³/mol. The zero-order valence-electron chi connectivity index (χ0n) is 9.11. The number of aliphatic carboxylic acids is 1. The Labute approximate surface area is 84.3 Å². The van der Waals surface area contributed by atoms with Crippen LogP contribution in [0.3, 0.4) is 0 Å². The van der Waals surface area contributed by atoms with Gasteiger partial charge in [0.2, 0.25) is 6.10 Å². The average molecular weight is 202 g/mol. The Kier molecular flexibility index (Phi) is 5.20. The summed E-state index contributed by atoms with van der Waals surface area (Å²) in [4.78, 5) is 21.9. The molecule has 1 N–H and O–H groups in total. The highest BCUT2D eigenvalue weighted by Crippen LogP contribution is 2.10. The molecule has 0 aromatic carbocycles. The van der Waals surface area contributed by atoms with Crippen molar-refractivity contribution in [3.05, 3.63) is 0 Å². The lowest BCUT2D eigenvalue weighted by atomic mass is 10.1. The van der Waals surface area contributed by atoms with E-state index in [1.54, 1.807) is 13.8 Å². The fourth-order valence-electron chi connectivity index (χ4n) is 0.995. The quantitative estimate of drug-likeness (QED) is 0.689. The summed E-state index contributed by atoms with van der Waals surface area (Å²) >= 11 is 0. The molecule has 0 unspecified atom stereocenters. The molecule has 0 saturated heterocycles. The van der Waals surface area contributed by atoms with E-state index in [0.717, 1.165) is 0 Å². The molecular weight excluding hydrogens is 184 g/mol. The van der Waals surface area contributed by atoms with Crippen molar-refractivity contribution in [2.24, 2.45) is 11.8 Å². The van der Waals surface area contributed by atoms with E-state index >= 15 is 0 Å². The van der Waals surface area contributed by atoms with Gasteiger partial charge in [-0.1, -0.05) is 27.7 Å². The van der Waals surface area contributed by atoms with Gasteiger partial charge in [-0.25, -0.2) is 4.79 Å². The summed E-state index contributed by atoms with van der Waals surface area (Å²) in [5.74, 6) is -1.55. The van der Waals surface area contributed by atoms with E-state index < -0.39 is 18.0 Å². The van der Waals surface area contributed by atoms with Gasteiger partial charge in [-0.3, -0.25) is 4.79 Å². The van der Waals surface area contributed by atoms with Crippen LogP contribution in [0.25, 0.3) is 0 Å². The molecule has 0 fully saturated rings. The smallest absolute Gasteiger partial charge is 0.345 e. The van der Waals surface area contributed by atoms with E-state index in [4.69, 9.17) is 9.84 Å². The van der Waals surface area contributed by atoms with Crippen molar-refractivity contribution in [3.8, 4) is 0 Å². The van der Waals surface area contributed by atoms with Crippen LogP contribution in [-0.2, 0) is 14.3 Å². The Morgan fingerprint density at radius 2 is 1.71 bits per heavy atom. The van der Waals surface area contributed by atoms with Gasteiger partial charge >= 0.3 is 11.9 Å². The van der Waals surface area contributed by atoms with Crippen molar-refractivity contribution in [1.82, 2.24) is 0 Å². The fourth-order valence-corrected chi connectivity index (χ4v) is 0.995. The maximum Gasteiger partial charge on any atom is 0.345 e. The molecule has 0 heterocycles. The summed E-state index contributed by atoms with van der Waals surface area (Å²) in [6.45, 7) is 7.18. The summed E-state index contributed by atoms with van der Waals surface area (Å²) in [5.41, 5.74) is 0. The summed E-state index contributed by atoms with van der Waals surface area (Å²) in [6.07, 6.45) is -0.766. The van der Waals surface area contributed by atoms with Crippen LogP contribution in [0.4, 0.5) is 0 Å². The van der Waals surface area contributed by atoms with Crippen molar-refractivity contribution in [1.29, 1.82) is 0 Å². The molecule has 0 amide bonds. The number of carbonyl (C=O) groups excluding carboxylic acids is 1. The Balaban J connectivity index is 4.17. The first-order valence-corrected chi connectivity index (χ1v) is 4.76. The Hall–Kier alpha value is -1.06. The lowest BCUT2D eigenvalue weighted by Gasteiger charge is -2.17. The van der Waals surface area contributed by atoms with E-state index in [-0.39, 0.29) is 18.3 Å². The molecule has 0 radical (unpaired) electrons. The lowest BCUT2D eigenvalue weighted by Crippen LogP contribution is -2.32. The van der Waals surface area contributed by atoms with Crippen LogP contribution >= 0.6 is 0 Å². The molecule has 1 atom stereocenters. The molecule has 0 aromatic rings. The van der Waals surface area contributed by atoms with Crippen molar-refractivity contribution >= 4 is 11.9 Å². The number of carboxylic acids is 1. The number of carboxylic acid groups (broad SMARTS) is 1. The highest BCUT2D eigenvalue weighted by molar-refractivity contribution is 5.78. The zero-order valence-corrected chi connectivity index (χ0v) is 9.11. The maximum atomic E-state index is 11.2. The van der Waals surface area contributed by atoms with Gasteiger partial charge in [0.1, 0.15) is 0 Å². The van der Waals surface area contributed by atoms with Crippen molar-refractivity contribution in [3.63, 3.8) is 0 Å². The zero-order chi connectivity index (χ0) is 11.3. The van der Waals surface area contributed by atoms with Crippen LogP contribution in [0.2, 0.25) is 0 Å². The highest BCUT2D eigenvalue weighted by atomic mass is 16.6. The van der Waals surface area contributed by atoms with Gasteiger partial charge in [-0.15, -0.1) is 0 Å². The van der Waals surface area contributed by atoms with E-state index in [1.165, 1.54) is 0 Å². The van der Waals surface area contributed by atoms with Gasteiger partial charge in [0.25, 0.3) is 0 Å². The second kappa shape index (κ2) is 5.62. The van der Waals surface area contributed by atoms with E-state index in [0.29, 0.717) is 0 Å². The van der Waals surface area contributed by atoms with E-state index in [9.17, 15) is 9.59 Å². The van der Waals surface area contributed by atoms with Crippen LogP contribution in [0.5, 0.6) is 0 Å². The molecule has 4 nitrogen and oxygen atoms in total. The SMILES string of the molecule is CC(C)CC(=O)O[C@@H](C(=O)O)C(C)C. The minimum atomic E-state index is -1.09. The second-order valence-electron chi connectivity index (χ2n) is 4.09. The van der Waals surface area contributed by atoms with Crippen molar-refractivity contribution < 1.29 is 19.4 Å². The second-order valence-corrected chi connectivity index (χ2v) is 4.09. The summed E-state index contributed by atoms with van der Waals surface area (Å²) in [5, 5.41) is 8.75. The van der Waals surface area contributed by atoms with Crippen molar-refractivity contribution in [2.45, 2.75) is 40.2 Å². The Morgan fingerprint density at radius 1 is 1.21 bits per heavy atom. The first-order valence-electron chi connectivity index (χ1n) is 4.76. The van der Waals surface area contributed by atoms with E-state index in [1.807, 2.05) is 13.8 Å². The molecule has 0 spiro atoms. The van der Waals surface area contributed by atoms with Gasteiger partial charge in [0.05, 0.1) is 0 Å². The number of hydrogen-bond acceptors (Lipinski definition) is 3. The third-order valence-electron chi connectivity index (χ3n) is 1.68. The lowest BCUT2D eigenvalue weighted by molar-refractivity contribution is -0.167. The number of esters is 1. The van der Waals surface area contributed by atoms with E-state index in [2.05, 4.69) is 0 Å². The number of ether oxygens (including phenoxy) is 1. The molecular formula is C10H18O4. The van der Waals surface area contributed by atoms with Crippen LogP contribution in [0.1, 0.15) is 34.1 Å². The van der Waals surface area contributed by atoms with Crippen LogP contribution in [-0.4, -0.2) is 23.1 Å². The molecule has 14 heavy (non-hydrogen) atoms. The standard InChI is InChI=1S/C10H18O4/c1-6(2)5-8(11)14-9(7(3)4)10(12)13/h6-7,9H,5H2,1-4H3,(H,12,13)/t9-/m1/s1. The molecule has 0 aliphatic rings. The van der Waals surface area contributed by atoms with Crippen LogP contribution < -0.4 is 0 Å². The summed E-state index contributed by atoms with van der Waals surface area (Å²) in [6, 6.07) is 0. The molecule has 82 valence electrons. The average Bonchev–Trinajstić information content (AvgIpc) is 1.97. The largest absolute Gasteiger partial charge is 0.478 e. The first-order chi connectivity index (χ1) is 6.34. The summed E-state index contributed by atoms with van der Waals surface area (Å²) in [7, 11) is 0. The maximum absolute atomic E-state index is 11.2. The number of rotatable bonds is 5. The molecule has 0 aliphatic carbocycles. The van der Waals surface area contributed by atoms with Gasteiger partial charge in [0, 0.05) is 12.3 Å². The molecule has 0 rings (SSSR count). The fraction of sp³-hybridized carbons (Fsp3) is 0.800. The minimum Gasteiger partial charge on any atom is -0.478 e. The van der Waals surface area contributed by atoms with Crippen LogP contribution in [0, 0.1) is 11.8 Å². The topological polar surface area (TPSA) is 63.6 Å². The molecule has 0 aliphatic heterocycles.